The lowest BCUT2D eigenvalue weighted by Crippen LogP contribution is -2.23. The summed E-state index contributed by atoms with van der Waals surface area (Å²) >= 11 is 0. The van der Waals surface area contributed by atoms with Gasteiger partial charge in [-0.1, -0.05) is 18.2 Å². The standard InChI is InChI=1S/C14H20N2O4/c1-18-7-6-15-8-11-4-2-3-5-13(11)19-10-12-9-16-14(17)20-12/h2-5,12,15H,6-10H2,1H3,(H,16,17). The molecule has 1 fully saturated rings. The zero-order valence-corrected chi connectivity index (χ0v) is 11.6. The summed E-state index contributed by atoms with van der Waals surface area (Å²) in [5.74, 6) is 0.806. The Hall–Kier alpha value is -1.79. The summed E-state index contributed by atoms with van der Waals surface area (Å²) < 4.78 is 15.8. The van der Waals surface area contributed by atoms with Gasteiger partial charge in [-0.15, -0.1) is 0 Å². The van der Waals surface area contributed by atoms with E-state index in [1.165, 1.54) is 0 Å². The van der Waals surface area contributed by atoms with Gasteiger partial charge in [0.05, 0.1) is 13.2 Å². The van der Waals surface area contributed by atoms with Gasteiger partial charge < -0.3 is 24.8 Å². The first kappa shape index (κ1) is 14.6. The van der Waals surface area contributed by atoms with Crippen LogP contribution >= 0.6 is 0 Å². The van der Waals surface area contributed by atoms with Gasteiger partial charge in [0.25, 0.3) is 0 Å². The van der Waals surface area contributed by atoms with Crippen LogP contribution < -0.4 is 15.4 Å². The number of methoxy groups -OCH3 is 1. The third kappa shape index (κ3) is 4.40. The second-order valence-electron chi connectivity index (χ2n) is 4.50. The zero-order valence-electron chi connectivity index (χ0n) is 11.6. The van der Waals surface area contributed by atoms with E-state index in [2.05, 4.69) is 10.6 Å². The Morgan fingerprint density at radius 2 is 2.30 bits per heavy atom. The van der Waals surface area contributed by atoms with Crippen LogP contribution in [0.5, 0.6) is 5.75 Å². The number of alkyl carbamates (subject to hydrolysis) is 1. The smallest absolute Gasteiger partial charge is 0.407 e. The first-order valence-electron chi connectivity index (χ1n) is 6.64. The molecule has 1 heterocycles. The molecule has 1 aliphatic rings. The van der Waals surface area contributed by atoms with Gasteiger partial charge in [-0.3, -0.25) is 0 Å². The highest BCUT2D eigenvalue weighted by molar-refractivity contribution is 5.69. The van der Waals surface area contributed by atoms with E-state index >= 15 is 0 Å². The highest BCUT2D eigenvalue weighted by atomic mass is 16.6. The molecule has 2 N–H and O–H groups in total. The number of ether oxygens (including phenoxy) is 3. The van der Waals surface area contributed by atoms with Crippen LogP contribution in [0.4, 0.5) is 4.79 Å². The van der Waals surface area contributed by atoms with Crippen molar-refractivity contribution in [3.05, 3.63) is 29.8 Å². The Bertz CT molecular complexity index is 439. The van der Waals surface area contributed by atoms with Crippen molar-refractivity contribution < 1.29 is 19.0 Å². The molecule has 20 heavy (non-hydrogen) atoms. The number of amides is 1. The number of hydrogen-bond acceptors (Lipinski definition) is 5. The predicted molar refractivity (Wildman–Crippen MR) is 73.8 cm³/mol. The summed E-state index contributed by atoms with van der Waals surface area (Å²) in [5.41, 5.74) is 1.07. The van der Waals surface area contributed by atoms with Crippen LogP contribution in [0, 0.1) is 0 Å². The van der Waals surface area contributed by atoms with Crippen molar-refractivity contribution in [2.45, 2.75) is 12.6 Å². The normalized spacial score (nSPS) is 17.6. The van der Waals surface area contributed by atoms with Crippen LogP contribution in [0.1, 0.15) is 5.56 Å². The largest absolute Gasteiger partial charge is 0.489 e. The van der Waals surface area contributed by atoms with Crippen molar-refractivity contribution in [3.63, 3.8) is 0 Å². The minimum atomic E-state index is -0.381. The molecule has 0 radical (unpaired) electrons. The summed E-state index contributed by atoms with van der Waals surface area (Å²) in [7, 11) is 1.68. The second-order valence-corrected chi connectivity index (χ2v) is 4.50. The molecule has 1 amide bonds. The second kappa shape index (κ2) is 7.72. The van der Waals surface area contributed by atoms with E-state index in [4.69, 9.17) is 14.2 Å². The third-order valence-electron chi connectivity index (χ3n) is 2.94. The van der Waals surface area contributed by atoms with E-state index < -0.39 is 0 Å². The molecule has 1 atom stereocenters. The monoisotopic (exact) mass is 280 g/mol. The average molecular weight is 280 g/mol. The first-order valence-corrected chi connectivity index (χ1v) is 6.64. The number of nitrogens with one attached hydrogen (secondary N) is 2. The first-order chi connectivity index (χ1) is 9.79. The summed E-state index contributed by atoms with van der Waals surface area (Å²) in [6.07, 6.45) is -0.606. The molecule has 1 unspecified atom stereocenters. The SMILES string of the molecule is COCCNCc1ccccc1OCC1CNC(=O)O1. The molecule has 6 heteroatoms. The molecule has 6 nitrogen and oxygen atoms in total. The molecule has 1 aliphatic heterocycles. The van der Waals surface area contributed by atoms with E-state index in [1.807, 2.05) is 24.3 Å². The van der Waals surface area contributed by atoms with Crippen molar-refractivity contribution in [1.82, 2.24) is 10.6 Å². The summed E-state index contributed by atoms with van der Waals surface area (Å²) in [6, 6.07) is 7.82. The minimum Gasteiger partial charge on any atom is -0.489 e. The highest BCUT2D eigenvalue weighted by Crippen LogP contribution is 2.18. The van der Waals surface area contributed by atoms with Gasteiger partial charge in [0, 0.05) is 25.8 Å². The van der Waals surface area contributed by atoms with E-state index in [1.54, 1.807) is 7.11 Å². The molecule has 1 aromatic rings. The highest BCUT2D eigenvalue weighted by Gasteiger charge is 2.23. The van der Waals surface area contributed by atoms with Crippen LogP contribution in [0.15, 0.2) is 24.3 Å². The van der Waals surface area contributed by atoms with Gasteiger partial charge >= 0.3 is 6.09 Å². The Labute approximate surface area is 118 Å². The van der Waals surface area contributed by atoms with Crippen molar-refractivity contribution in [2.24, 2.45) is 0 Å². The fourth-order valence-corrected chi connectivity index (χ4v) is 1.90. The number of para-hydroxylation sites is 1. The number of hydrogen-bond donors (Lipinski definition) is 2. The topological polar surface area (TPSA) is 68.8 Å². The van der Waals surface area contributed by atoms with Gasteiger partial charge in [0.2, 0.25) is 0 Å². The fourth-order valence-electron chi connectivity index (χ4n) is 1.90. The average Bonchev–Trinajstić information content (AvgIpc) is 2.88. The molecule has 2 rings (SSSR count). The number of cyclic esters (lactones) is 1. The van der Waals surface area contributed by atoms with E-state index in [9.17, 15) is 4.79 Å². The molecule has 0 spiro atoms. The number of rotatable bonds is 8. The van der Waals surface area contributed by atoms with Crippen LogP contribution in [0.25, 0.3) is 0 Å². The van der Waals surface area contributed by atoms with Gasteiger partial charge in [-0.2, -0.15) is 0 Å². The van der Waals surface area contributed by atoms with Gasteiger partial charge in [0.1, 0.15) is 12.4 Å². The maximum absolute atomic E-state index is 10.9. The Balaban J connectivity index is 1.82. The lowest BCUT2D eigenvalue weighted by molar-refractivity contribution is 0.104. The fraction of sp³-hybridized carbons (Fsp3) is 0.500. The van der Waals surface area contributed by atoms with E-state index in [0.29, 0.717) is 26.3 Å². The zero-order chi connectivity index (χ0) is 14.2. The van der Waals surface area contributed by atoms with E-state index in [0.717, 1.165) is 17.9 Å². The lowest BCUT2D eigenvalue weighted by Gasteiger charge is -2.14. The molecule has 0 aromatic heterocycles. The summed E-state index contributed by atoms with van der Waals surface area (Å²) in [6.45, 7) is 3.02. The van der Waals surface area contributed by atoms with Crippen molar-refractivity contribution >= 4 is 6.09 Å². The van der Waals surface area contributed by atoms with E-state index in [-0.39, 0.29) is 12.2 Å². The van der Waals surface area contributed by atoms with Crippen LogP contribution in [-0.4, -0.2) is 45.6 Å². The predicted octanol–water partition coefficient (Wildman–Crippen LogP) is 0.910. The third-order valence-corrected chi connectivity index (χ3v) is 2.94. The molecule has 110 valence electrons. The molecule has 1 saturated heterocycles. The number of carbonyl (C=O) groups excluding carboxylic acids is 1. The molecular weight excluding hydrogens is 260 g/mol. The minimum absolute atomic E-state index is 0.225. The Morgan fingerprint density at radius 1 is 1.45 bits per heavy atom. The summed E-state index contributed by atoms with van der Waals surface area (Å²) in [4.78, 5) is 10.9. The number of carbonyl (C=O) groups is 1. The molecular formula is C14H20N2O4. The van der Waals surface area contributed by atoms with Crippen molar-refractivity contribution in [2.75, 3.05) is 33.4 Å². The van der Waals surface area contributed by atoms with Crippen LogP contribution in [0.2, 0.25) is 0 Å². The molecule has 0 aliphatic carbocycles. The van der Waals surface area contributed by atoms with Gasteiger partial charge in [-0.25, -0.2) is 4.79 Å². The van der Waals surface area contributed by atoms with Crippen LogP contribution in [0.3, 0.4) is 0 Å². The molecule has 1 aromatic carbocycles. The summed E-state index contributed by atoms with van der Waals surface area (Å²) in [5, 5.41) is 5.88. The van der Waals surface area contributed by atoms with Crippen molar-refractivity contribution in [1.29, 1.82) is 0 Å². The van der Waals surface area contributed by atoms with Gasteiger partial charge in [-0.05, 0) is 6.07 Å². The van der Waals surface area contributed by atoms with Crippen LogP contribution in [-0.2, 0) is 16.0 Å². The lowest BCUT2D eigenvalue weighted by atomic mass is 10.2. The van der Waals surface area contributed by atoms with Gasteiger partial charge in [0.15, 0.2) is 6.10 Å². The maximum atomic E-state index is 10.9. The maximum Gasteiger partial charge on any atom is 0.407 e. The quantitative estimate of drug-likeness (QED) is 0.693. The van der Waals surface area contributed by atoms with Crippen molar-refractivity contribution in [3.8, 4) is 5.75 Å². The number of benzene rings is 1. The molecule has 0 bridgehead atoms. The Morgan fingerprint density at radius 3 is 3.05 bits per heavy atom. The Kier molecular flexibility index (Phi) is 5.64. The molecule has 0 saturated carbocycles.